The molecule has 214 valence electrons. The van der Waals surface area contributed by atoms with E-state index in [4.69, 9.17) is 11.6 Å². The van der Waals surface area contributed by atoms with Crippen LogP contribution in [0.3, 0.4) is 0 Å². The van der Waals surface area contributed by atoms with Gasteiger partial charge in [-0.05, 0) is 21.9 Å². The highest BCUT2D eigenvalue weighted by atomic mass is 32.2. The number of hydrogen-bond donors (Lipinski definition) is 2. The number of carbonyl (C=O) groups excluding carboxylic acids is 2. The van der Waals surface area contributed by atoms with Crippen molar-refractivity contribution >= 4 is 40.1 Å². The standard InChI is InChI=1S/C29H27N7O5S/c1-41-24(38)16-35-27(39)25(26(30)34(29(35)40)15-18-8-3-2-4-9-18)22(37)17-42-28-33-32-23(36(28)31)14-20-12-7-11-19-10-5-6-13-21(19)20/h2-13H,14-17,30-31H2,1H3. The van der Waals surface area contributed by atoms with Crippen molar-refractivity contribution in [2.45, 2.75) is 24.7 Å². The molecule has 13 heteroatoms. The first-order chi connectivity index (χ1) is 20.3. The van der Waals surface area contributed by atoms with E-state index in [1.807, 2.05) is 48.5 Å². The lowest BCUT2D eigenvalue weighted by Gasteiger charge is -2.16. The number of aromatic nitrogens is 5. The van der Waals surface area contributed by atoms with Crippen LogP contribution in [-0.4, -0.2) is 48.6 Å². The average molecular weight is 586 g/mol. The van der Waals surface area contributed by atoms with E-state index in [1.54, 1.807) is 24.3 Å². The molecule has 0 unspecified atom stereocenters. The number of anilines is 1. The van der Waals surface area contributed by atoms with Gasteiger partial charge in [0.25, 0.3) is 5.56 Å². The molecular formula is C29H27N7O5S. The summed E-state index contributed by atoms with van der Waals surface area (Å²) in [4.78, 5) is 51.8. The molecule has 0 saturated heterocycles. The number of ketones is 1. The minimum atomic E-state index is -0.983. The van der Waals surface area contributed by atoms with Crippen LogP contribution in [0.25, 0.3) is 10.8 Å². The summed E-state index contributed by atoms with van der Waals surface area (Å²) in [6.45, 7) is -0.694. The van der Waals surface area contributed by atoms with Gasteiger partial charge in [-0.3, -0.25) is 19.0 Å². The summed E-state index contributed by atoms with van der Waals surface area (Å²) in [5.74, 6) is 4.70. The van der Waals surface area contributed by atoms with E-state index in [1.165, 1.54) is 4.68 Å². The number of hydrogen-bond acceptors (Lipinski definition) is 10. The maximum atomic E-state index is 13.4. The smallest absolute Gasteiger partial charge is 0.333 e. The molecule has 2 aromatic heterocycles. The summed E-state index contributed by atoms with van der Waals surface area (Å²) >= 11 is 0.973. The third-order valence-corrected chi connectivity index (χ3v) is 7.68. The van der Waals surface area contributed by atoms with Gasteiger partial charge >= 0.3 is 11.7 Å². The molecule has 4 N–H and O–H groups in total. The molecular weight excluding hydrogens is 558 g/mol. The topological polar surface area (TPSA) is 170 Å². The van der Waals surface area contributed by atoms with Crippen LogP contribution in [-0.2, 0) is 29.0 Å². The van der Waals surface area contributed by atoms with Gasteiger partial charge in [0.2, 0.25) is 5.16 Å². The quantitative estimate of drug-likeness (QED) is 0.107. The van der Waals surface area contributed by atoms with Gasteiger partial charge in [-0.15, -0.1) is 10.2 Å². The molecule has 0 aliphatic carbocycles. The lowest BCUT2D eigenvalue weighted by molar-refractivity contribution is -0.141. The SMILES string of the molecule is COC(=O)Cn1c(=O)c(C(=O)CSc2nnc(Cc3cccc4ccccc34)n2N)c(N)n(Cc2ccccc2)c1=O. The summed E-state index contributed by atoms with van der Waals surface area (Å²) in [7, 11) is 1.13. The van der Waals surface area contributed by atoms with Gasteiger partial charge in [-0.2, -0.15) is 0 Å². The Kier molecular flexibility index (Phi) is 8.20. The van der Waals surface area contributed by atoms with Gasteiger partial charge in [0.15, 0.2) is 11.6 Å². The van der Waals surface area contributed by atoms with Crippen LogP contribution in [0.15, 0.2) is 87.5 Å². The highest BCUT2D eigenvalue weighted by molar-refractivity contribution is 7.99. The van der Waals surface area contributed by atoms with Gasteiger partial charge in [0.1, 0.15) is 17.9 Å². The summed E-state index contributed by atoms with van der Waals surface area (Å²) in [5.41, 5.74) is 5.73. The second-order valence-electron chi connectivity index (χ2n) is 9.38. The Hall–Kier alpha value is -5.17. The summed E-state index contributed by atoms with van der Waals surface area (Å²) in [5, 5.41) is 10.7. The van der Waals surface area contributed by atoms with Crippen molar-refractivity contribution in [3.63, 3.8) is 0 Å². The molecule has 0 saturated carbocycles. The van der Waals surface area contributed by atoms with E-state index >= 15 is 0 Å². The van der Waals surface area contributed by atoms with Crippen molar-refractivity contribution in [1.82, 2.24) is 24.0 Å². The van der Waals surface area contributed by atoms with Gasteiger partial charge in [0.05, 0.1) is 19.4 Å². The predicted octanol–water partition coefficient (Wildman–Crippen LogP) is 1.84. The number of benzene rings is 3. The van der Waals surface area contributed by atoms with Crippen molar-refractivity contribution in [1.29, 1.82) is 0 Å². The van der Waals surface area contributed by atoms with Crippen LogP contribution in [0.2, 0.25) is 0 Å². The van der Waals surface area contributed by atoms with Crippen LogP contribution >= 0.6 is 11.8 Å². The Morgan fingerprint density at radius 2 is 1.64 bits per heavy atom. The maximum Gasteiger partial charge on any atom is 0.333 e. The summed E-state index contributed by atoms with van der Waals surface area (Å²) < 4.78 is 7.68. The van der Waals surface area contributed by atoms with E-state index in [0.717, 1.165) is 39.8 Å². The van der Waals surface area contributed by atoms with Gasteiger partial charge in [-0.1, -0.05) is 84.6 Å². The van der Waals surface area contributed by atoms with Crippen molar-refractivity contribution in [3.05, 3.63) is 116 Å². The number of methoxy groups -OCH3 is 1. The first-order valence-corrected chi connectivity index (χ1v) is 13.8. The number of nitrogens with two attached hydrogens (primary N) is 2. The number of carbonyl (C=O) groups is 2. The molecule has 5 rings (SSSR count). The molecule has 12 nitrogen and oxygen atoms in total. The fourth-order valence-corrected chi connectivity index (χ4v) is 5.32. The highest BCUT2D eigenvalue weighted by Crippen LogP contribution is 2.23. The lowest BCUT2D eigenvalue weighted by Crippen LogP contribution is -2.45. The number of Topliss-reactive ketones (excluding diaryl/α,β-unsaturated/α-hetero) is 1. The molecule has 42 heavy (non-hydrogen) atoms. The van der Waals surface area contributed by atoms with Crippen LogP contribution in [0.4, 0.5) is 5.82 Å². The highest BCUT2D eigenvalue weighted by Gasteiger charge is 2.25. The van der Waals surface area contributed by atoms with Crippen LogP contribution in [0.5, 0.6) is 0 Å². The maximum absolute atomic E-state index is 13.4. The largest absolute Gasteiger partial charge is 0.468 e. The first-order valence-electron chi connectivity index (χ1n) is 12.8. The number of ether oxygens (including phenoxy) is 1. The fourth-order valence-electron chi connectivity index (χ4n) is 4.57. The van der Waals surface area contributed by atoms with E-state index in [2.05, 4.69) is 14.9 Å². The van der Waals surface area contributed by atoms with E-state index < -0.39 is 35.1 Å². The molecule has 2 heterocycles. The lowest BCUT2D eigenvalue weighted by atomic mass is 10.0. The Morgan fingerprint density at radius 3 is 2.40 bits per heavy atom. The van der Waals surface area contributed by atoms with E-state index in [-0.39, 0.29) is 23.3 Å². The summed E-state index contributed by atoms with van der Waals surface area (Å²) in [6.07, 6.45) is 0.412. The van der Waals surface area contributed by atoms with Gasteiger partial charge in [0, 0.05) is 6.42 Å². The molecule has 0 aliphatic heterocycles. The molecule has 0 spiro atoms. The normalized spacial score (nSPS) is 11.1. The molecule has 0 bridgehead atoms. The third kappa shape index (κ3) is 5.67. The number of thioether (sulfide) groups is 1. The number of rotatable bonds is 10. The van der Waals surface area contributed by atoms with Gasteiger partial charge < -0.3 is 16.3 Å². The van der Waals surface area contributed by atoms with E-state index in [9.17, 15) is 19.2 Å². The van der Waals surface area contributed by atoms with Gasteiger partial charge in [-0.25, -0.2) is 14.0 Å². The fraction of sp³-hybridized carbons (Fsp3) is 0.172. The Morgan fingerprint density at radius 1 is 0.929 bits per heavy atom. The molecule has 0 atom stereocenters. The van der Waals surface area contributed by atoms with Crippen LogP contribution in [0.1, 0.15) is 27.3 Å². The zero-order valence-corrected chi connectivity index (χ0v) is 23.4. The summed E-state index contributed by atoms with van der Waals surface area (Å²) in [6, 6.07) is 22.8. The number of nitrogens with zero attached hydrogens (tertiary/aromatic N) is 5. The zero-order chi connectivity index (χ0) is 29.8. The Bertz CT molecular complexity index is 1910. The average Bonchev–Trinajstić information content (AvgIpc) is 3.35. The monoisotopic (exact) mass is 585 g/mol. The molecule has 0 radical (unpaired) electrons. The molecule has 0 amide bonds. The van der Waals surface area contributed by atoms with Crippen molar-refractivity contribution in [3.8, 4) is 0 Å². The number of nitrogen functional groups attached to an aromatic ring is 2. The van der Waals surface area contributed by atoms with Crippen molar-refractivity contribution in [2.75, 3.05) is 24.4 Å². The van der Waals surface area contributed by atoms with Crippen molar-refractivity contribution < 1.29 is 14.3 Å². The minimum Gasteiger partial charge on any atom is -0.468 e. The predicted molar refractivity (Wildman–Crippen MR) is 159 cm³/mol. The number of fused-ring (bicyclic) bond motifs is 1. The molecule has 3 aromatic carbocycles. The second kappa shape index (κ2) is 12.1. The minimum absolute atomic E-state index is 0.0188. The van der Waals surface area contributed by atoms with Crippen LogP contribution in [0, 0.1) is 0 Å². The number of esters is 1. The van der Waals surface area contributed by atoms with Crippen molar-refractivity contribution in [2.24, 2.45) is 0 Å². The molecule has 5 aromatic rings. The first kappa shape index (κ1) is 28.4. The third-order valence-electron chi connectivity index (χ3n) is 6.74. The second-order valence-corrected chi connectivity index (χ2v) is 10.3. The molecule has 0 fully saturated rings. The Labute approximate surface area is 243 Å². The Balaban J connectivity index is 1.42. The van der Waals surface area contributed by atoms with Crippen LogP contribution < -0.4 is 22.8 Å². The zero-order valence-electron chi connectivity index (χ0n) is 22.6. The molecule has 0 aliphatic rings. The van der Waals surface area contributed by atoms with E-state index in [0.29, 0.717) is 22.4 Å².